The highest BCUT2D eigenvalue weighted by Crippen LogP contribution is 2.25. The molecule has 0 spiro atoms. The number of thioether (sulfide) groups is 1. The Kier molecular flexibility index (Phi) is 5.77. The van der Waals surface area contributed by atoms with Crippen molar-refractivity contribution >= 4 is 33.4 Å². The number of nitrogens with one attached hydrogen (secondary N) is 1. The minimum absolute atomic E-state index is 0.228. The highest BCUT2D eigenvalue weighted by Gasteiger charge is 2.12. The zero-order valence-corrected chi connectivity index (χ0v) is 15.2. The van der Waals surface area contributed by atoms with Crippen LogP contribution in [0.5, 0.6) is 0 Å². The van der Waals surface area contributed by atoms with Gasteiger partial charge in [-0.3, -0.25) is 0 Å². The van der Waals surface area contributed by atoms with E-state index in [-0.39, 0.29) is 5.41 Å². The number of anilines is 1. The van der Waals surface area contributed by atoms with Crippen molar-refractivity contribution in [3.63, 3.8) is 0 Å². The predicted molar refractivity (Wildman–Crippen MR) is 98.5 cm³/mol. The van der Waals surface area contributed by atoms with Crippen LogP contribution in [-0.4, -0.2) is 12.3 Å². The first-order chi connectivity index (χ1) is 9.95. The van der Waals surface area contributed by atoms with Gasteiger partial charge in [0.2, 0.25) is 0 Å². The summed E-state index contributed by atoms with van der Waals surface area (Å²) in [6, 6.07) is 17.2. The van der Waals surface area contributed by atoms with Gasteiger partial charge in [0, 0.05) is 27.4 Å². The number of hydrogen-bond donors (Lipinski definition) is 1. The van der Waals surface area contributed by atoms with Crippen molar-refractivity contribution in [3.8, 4) is 0 Å². The van der Waals surface area contributed by atoms with Crippen molar-refractivity contribution < 1.29 is 0 Å². The molecule has 3 heteroatoms. The molecule has 0 bridgehead atoms. The van der Waals surface area contributed by atoms with E-state index < -0.39 is 0 Å². The van der Waals surface area contributed by atoms with Gasteiger partial charge >= 0.3 is 0 Å². The zero-order valence-electron chi connectivity index (χ0n) is 12.8. The summed E-state index contributed by atoms with van der Waals surface area (Å²) in [6.45, 7) is 7.70. The summed E-state index contributed by atoms with van der Waals surface area (Å²) in [4.78, 5) is 1.33. The standard InChI is InChI=1S/C18H22BrNS/c1-18(2,3)14-7-9-17(10-8-14)21-12-11-20-16-6-4-5-15(19)13-16/h4-10,13,20H,11-12H2,1-3H3. The van der Waals surface area contributed by atoms with Crippen LogP contribution in [-0.2, 0) is 5.41 Å². The Labute approximate surface area is 140 Å². The zero-order chi connectivity index (χ0) is 15.3. The lowest BCUT2D eigenvalue weighted by Gasteiger charge is -2.19. The third-order valence-corrected chi connectivity index (χ3v) is 4.75. The van der Waals surface area contributed by atoms with Crippen LogP contribution in [0, 0.1) is 0 Å². The van der Waals surface area contributed by atoms with Gasteiger partial charge in [-0.05, 0) is 41.3 Å². The fourth-order valence-electron chi connectivity index (χ4n) is 2.01. The van der Waals surface area contributed by atoms with Gasteiger partial charge in [-0.25, -0.2) is 0 Å². The molecular weight excluding hydrogens is 342 g/mol. The molecule has 0 unspecified atom stereocenters. The molecule has 0 aromatic heterocycles. The fourth-order valence-corrected chi connectivity index (χ4v) is 3.18. The fraction of sp³-hybridized carbons (Fsp3) is 0.333. The van der Waals surface area contributed by atoms with Gasteiger partial charge in [-0.15, -0.1) is 11.8 Å². The molecule has 0 radical (unpaired) electrons. The summed E-state index contributed by atoms with van der Waals surface area (Å²) in [5, 5.41) is 3.44. The number of benzene rings is 2. The first-order valence-electron chi connectivity index (χ1n) is 7.18. The Morgan fingerprint density at radius 3 is 2.38 bits per heavy atom. The Morgan fingerprint density at radius 2 is 1.76 bits per heavy atom. The highest BCUT2D eigenvalue weighted by molar-refractivity contribution is 9.10. The van der Waals surface area contributed by atoms with Crippen LogP contribution in [0.1, 0.15) is 26.3 Å². The lowest BCUT2D eigenvalue weighted by atomic mass is 9.87. The highest BCUT2D eigenvalue weighted by atomic mass is 79.9. The van der Waals surface area contributed by atoms with Crippen LogP contribution in [0.2, 0.25) is 0 Å². The van der Waals surface area contributed by atoms with Gasteiger partial charge in [-0.1, -0.05) is 54.9 Å². The minimum Gasteiger partial charge on any atom is -0.384 e. The summed E-state index contributed by atoms with van der Waals surface area (Å²) in [6.07, 6.45) is 0. The molecule has 0 heterocycles. The summed E-state index contributed by atoms with van der Waals surface area (Å²) in [5.41, 5.74) is 2.78. The molecule has 0 aliphatic rings. The van der Waals surface area contributed by atoms with E-state index in [9.17, 15) is 0 Å². The van der Waals surface area contributed by atoms with E-state index in [2.05, 4.69) is 78.4 Å². The lowest BCUT2D eigenvalue weighted by Crippen LogP contribution is -2.10. The maximum Gasteiger partial charge on any atom is 0.0351 e. The van der Waals surface area contributed by atoms with Gasteiger partial charge in [0.15, 0.2) is 0 Å². The molecule has 0 amide bonds. The molecule has 21 heavy (non-hydrogen) atoms. The summed E-state index contributed by atoms with van der Waals surface area (Å²) in [5.74, 6) is 1.06. The quantitative estimate of drug-likeness (QED) is 0.520. The molecule has 0 aliphatic carbocycles. The van der Waals surface area contributed by atoms with Crippen molar-refractivity contribution in [3.05, 3.63) is 58.6 Å². The summed E-state index contributed by atoms with van der Waals surface area (Å²) >= 11 is 5.37. The minimum atomic E-state index is 0.228. The van der Waals surface area contributed by atoms with E-state index in [1.807, 2.05) is 23.9 Å². The van der Waals surface area contributed by atoms with Crippen molar-refractivity contribution in [2.24, 2.45) is 0 Å². The van der Waals surface area contributed by atoms with Crippen LogP contribution >= 0.6 is 27.7 Å². The largest absolute Gasteiger partial charge is 0.384 e. The Hall–Kier alpha value is -0.930. The van der Waals surface area contributed by atoms with Crippen molar-refractivity contribution in [1.82, 2.24) is 0 Å². The smallest absolute Gasteiger partial charge is 0.0351 e. The Bertz CT molecular complexity index is 573. The van der Waals surface area contributed by atoms with Gasteiger partial charge in [0.25, 0.3) is 0 Å². The molecule has 0 saturated carbocycles. The molecule has 0 saturated heterocycles. The lowest BCUT2D eigenvalue weighted by molar-refractivity contribution is 0.590. The average Bonchev–Trinajstić information content (AvgIpc) is 2.43. The van der Waals surface area contributed by atoms with E-state index >= 15 is 0 Å². The SMILES string of the molecule is CC(C)(C)c1ccc(SCCNc2cccc(Br)c2)cc1. The van der Waals surface area contributed by atoms with Gasteiger partial charge in [0.05, 0.1) is 0 Å². The molecule has 0 aliphatic heterocycles. The van der Waals surface area contributed by atoms with E-state index in [4.69, 9.17) is 0 Å². The van der Waals surface area contributed by atoms with E-state index in [1.165, 1.54) is 10.5 Å². The number of halogens is 1. The maximum absolute atomic E-state index is 3.49. The van der Waals surface area contributed by atoms with Crippen LogP contribution in [0.4, 0.5) is 5.69 Å². The van der Waals surface area contributed by atoms with Crippen LogP contribution in [0.25, 0.3) is 0 Å². The monoisotopic (exact) mass is 363 g/mol. The van der Waals surface area contributed by atoms with Crippen molar-refractivity contribution in [2.75, 3.05) is 17.6 Å². The third kappa shape index (κ3) is 5.40. The Balaban J connectivity index is 1.79. The summed E-state index contributed by atoms with van der Waals surface area (Å²) < 4.78 is 1.11. The summed E-state index contributed by atoms with van der Waals surface area (Å²) in [7, 11) is 0. The average molecular weight is 364 g/mol. The maximum atomic E-state index is 3.49. The molecule has 0 atom stereocenters. The molecule has 112 valence electrons. The molecule has 2 aromatic rings. The van der Waals surface area contributed by atoms with Crippen molar-refractivity contribution in [1.29, 1.82) is 0 Å². The second-order valence-electron chi connectivity index (χ2n) is 6.06. The molecule has 2 rings (SSSR count). The van der Waals surface area contributed by atoms with Gasteiger partial charge < -0.3 is 5.32 Å². The predicted octanol–water partition coefficient (Wildman–Crippen LogP) is 5.95. The second kappa shape index (κ2) is 7.37. The van der Waals surface area contributed by atoms with Crippen LogP contribution in [0.3, 0.4) is 0 Å². The van der Waals surface area contributed by atoms with Crippen LogP contribution < -0.4 is 5.32 Å². The number of hydrogen-bond acceptors (Lipinski definition) is 2. The molecule has 1 nitrogen and oxygen atoms in total. The first-order valence-corrected chi connectivity index (χ1v) is 8.96. The molecular formula is C18H22BrNS. The second-order valence-corrected chi connectivity index (χ2v) is 8.14. The van der Waals surface area contributed by atoms with E-state index in [1.54, 1.807) is 0 Å². The van der Waals surface area contributed by atoms with E-state index in [0.29, 0.717) is 0 Å². The topological polar surface area (TPSA) is 12.0 Å². The van der Waals surface area contributed by atoms with Crippen molar-refractivity contribution in [2.45, 2.75) is 31.1 Å². The van der Waals surface area contributed by atoms with Gasteiger partial charge in [0.1, 0.15) is 0 Å². The van der Waals surface area contributed by atoms with Gasteiger partial charge in [-0.2, -0.15) is 0 Å². The van der Waals surface area contributed by atoms with Crippen LogP contribution in [0.15, 0.2) is 57.9 Å². The normalized spacial score (nSPS) is 11.4. The molecule has 1 N–H and O–H groups in total. The molecule has 0 fully saturated rings. The number of rotatable bonds is 5. The van der Waals surface area contributed by atoms with E-state index in [0.717, 1.165) is 22.5 Å². The Morgan fingerprint density at radius 1 is 1.05 bits per heavy atom. The third-order valence-electron chi connectivity index (χ3n) is 3.24. The molecule has 2 aromatic carbocycles. The first kappa shape index (κ1) is 16.4.